The Bertz CT molecular complexity index is 700. The lowest BCUT2D eigenvalue weighted by atomic mass is 9.85. The largest absolute Gasteiger partial charge is 0.444 e. The van der Waals surface area contributed by atoms with E-state index < -0.39 is 5.60 Å². The van der Waals surface area contributed by atoms with Gasteiger partial charge in [-0.1, -0.05) is 6.92 Å². The first-order valence-electron chi connectivity index (χ1n) is 8.65. The third kappa shape index (κ3) is 4.14. The molecule has 1 fully saturated rings. The fourth-order valence-corrected chi connectivity index (χ4v) is 3.38. The number of nitrogens with zero attached hydrogens (tertiary/aromatic N) is 3. The van der Waals surface area contributed by atoms with Crippen molar-refractivity contribution < 1.29 is 9.53 Å². The van der Waals surface area contributed by atoms with Gasteiger partial charge < -0.3 is 15.0 Å². The van der Waals surface area contributed by atoms with Crippen LogP contribution in [0.4, 0.5) is 4.79 Å². The van der Waals surface area contributed by atoms with Crippen molar-refractivity contribution in [1.29, 1.82) is 5.26 Å². The van der Waals surface area contributed by atoms with Gasteiger partial charge in [0.2, 0.25) is 0 Å². The van der Waals surface area contributed by atoms with Crippen molar-refractivity contribution in [2.45, 2.75) is 53.1 Å². The van der Waals surface area contributed by atoms with Crippen molar-refractivity contribution in [3.63, 3.8) is 0 Å². The summed E-state index contributed by atoms with van der Waals surface area (Å²) < 4.78 is 5.48. The predicted molar refractivity (Wildman–Crippen MR) is 94.8 cm³/mol. The van der Waals surface area contributed by atoms with E-state index in [0.29, 0.717) is 24.4 Å². The molecule has 0 aromatic heterocycles. The van der Waals surface area contributed by atoms with Gasteiger partial charge >= 0.3 is 6.09 Å². The molecule has 1 unspecified atom stereocenters. The van der Waals surface area contributed by atoms with E-state index in [1.165, 1.54) is 0 Å². The van der Waals surface area contributed by atoms with E-state index in [1.54, 1.807) is 4.90 Å². The normalized spacial score (nSPS) is 24.4. The van der Waals surface area contributed by atoms with Crippen molar-refractivity contribution >= 4 is 6.09 Å². The van der Waals surface area contributed by atoms with Gasteiger partial charge in [0, 0.05) is 41.9 Å². The highest BCUT2D eigenvalue weighted by molar-refractivity contribution is 5.68. The molecule has 2 atom stereocenters. The first-order valence-corrected chi connectivity index (χ1v) is 8.65. The zero-order valence-corrected chi connectivity index (χ0v) is 15.6. The molecule has 25 heavy (non-hydrogen) atoms. The summed E-state index contributed by atoms with van der Waals surface area (Å²) in [4.78, 5) is 17.8. The molecule has 0 aromatic carbocycles. The van der Waals surface area contributed by atoms with Gasteiger partial charge in [-0.15, -0.1) is 0 Å². The Morgan fingerprint density at radius 2 is 2.16 bits per heavy atom. The molecule has 0 aromatic rings. The Balaban J connectivity index is 2.22. The number of dihydropyridines is 1. The van der Waals surface area contributed by atoms with Crippen molar-refractivity contribution in [3.05, 3.63) is 34.1 Å². The standard InChI is InChI=1S/C19H26N4O2/c1-12-15(10-20)13(2)22-17(16(12)21-6)14-8-7-9-23(11-14)18(24)25-19(3,4)5/h12,14,22H,7-9,11H2,1-5H3/t12-,14?/m1/s1. The third-order valence-electron chi connectivity index (χ3n) is 4.57. The number of ether oxygens (including phenoxy) is 1. The van der Waals surface area contributed by atoms with Gasteiger partial charge in [-0.05, 0) is 40.5 Å². The van der Waals surface area contributed by atoms with E-state index >= 15 is 0 Å². The van der Waals surface area contributed by atoms with Gasteiger partial charge in [0.15, 0.2) is 5.70 Å². The number of allylic oxidation sites excluding steroid dienone is 2. The maximum atomic E-state index is 12.4. The second-order valence-corrected chi connectivity index (χ2v) is 7.67. The number of nitriles is 1. The number of amides is 1. The number of likely N-dealkylation sites (tertiary alicyclic amines) is 1. The Morgan fingerprint density at radius 1 is 1.48 bits per heavy atom. The molecule has 2 rings (SSSR count). The number of hydrogen-bond acceptors (Lipinski definition) is 4. The van der Waals surface area contributed by atoms with Crippen LogP contribution in [0.1, 0.15) is 47.5 Å². The zero-order valence-electron chi connectivity index (χ0n) is 15.6. The lowest BCUT2D eigenvalue weighted by Crippen LogP contribution is -2.45. The predicted octanol–water partition coefficient (Wildman–Crippen LogP) is 3.80. The van der Waals surface area contributed by atoms with Crippen LogP contribution in [0.25, 0.3) is 4.85 Å². The van der Waals surface area contributed by atoms with E-state index in [1.807, 2.05) is 34.6 Å². The summed E-state index contributed by atoms with van der Waals surface area (Å²) in [7, 11) is 0. The van der Waals surface area contributed by atoms with Crippen LogP contribution in [0.2, 0.25) is 0 Å². The summed E-state index contributed by atoms with van der Waals surface area (Å²) in [6.45, 7) is 18.1. The van der Waals surface area contributed by atoms with Crippen LogP contribution in [0.5, 0.6) is 0 Å². The topological polar surface area (TPSA) is 69.7 Å². The number of hydrogen-bond donors (Lipinski definition) is 1. The van der Waals surface area contributed by atoms with E-state index in [4.69, 9.17) is 11.3 Å². The van der Waals surface area contributed by atoms with E-state index in [0.717, 1.165) is 24.2 Å². The summed E-state index contributed by atoms with van der Waals surface area (Å²) in [5.41, 5.74) is 2.32. The van der Waals surface area contributed by atoms with E-state index in [2.05, 4.69) is 16.2 Å². The van der Waals surface area contributed by atoms with Crippen LogP contribution in [0.15, 0.2) is 22.7 Å². The summed E-state index contributed by atoms with van der Waals surface area (Å²) >= 11 is 0. The molecule has 1 saturated heterocycles. The zero-order chi connectivity index (χ0) is 18.8. The molecule has 0 saturated carbocycles. The molecule has 0 bridgehead atoms. The van der Waals surface area contributed by atoms with Gasteiger partial charge in [-0.3, -0.25) is 0 Å². The summed E-state index contributed by atoms with van der Waals surface area (Å²) in [5.74, 6) is -0.154. The van der Waals surface area contributed by atoms with Gasteiger partial charge in [0.05, 0.1) is 12.6 Å². The monoisotopic (exact) mass is 342 g/mol. The number of carbonyl (C=O) groups excluding carboxylic acids is 1. The minimum absolute atomic E-state index is 0.0583. The van der Waals surface area contributed by atoms with Gasteiger partial charge in [-0.2, -0.15) is 5.26 Å². The number of carbonyl (C=O) groups is 1. The molecule has 2 heterocycles. The average Bonchev–Trinajstić information content (AvgIpc) is 2.53. The Hall–Kier alpha value is -2.47. The van der Waals surface area contributed by atoms with Gasteiger partial charge in [0.25, 0.3) is 0 Å². The first kappa shape index (κ1) is 18.9. The molecule has 1 N–H and O–H groups in total. The summed E-state index contributed by atoms with van der Waals surface area (Å²) in [6.07, 6.45) is 1.46. The van der Waals surface area contributed by atoms with Crippen molar-refractivity contribution in [1.82, 2.24) is 10.2 Å². The quantitative estimate of drug-likeness (QED) is 0.736. The maximum absolute atomic E-state index is 12.4. The van der Waals surface area contributed by atoms with E-state index in [-0.39, 0.29) is 17.9 Å². The van der Waals surface area contributed by atoms with Gasteiger partial charge in [0.1, 0.15) is 5.60 Å². The van der Waals surface area contributed by atoms with E-state index in [9.17, 15) is 10.1 Å². The fraction of sp³-hybridized carbons (Fsp3) is 0.632. The van der Waals surface area contributed by atoms with Crippen LogP contribution in [-0.4, -0.2) is 29.7 Å². The molecule has 134 valence electrons. The SMILES string of the molecule is [C-]#[N+]C1=C(C2CCCN(C(=O)OC(C)(C)C)C2)NC(C)=C(C#N)[C@H]1C. The smallest absolute Gasteiger partial charge is 0.410 e. The molecular weight excluding hydrogens is 316 g/mol. The second kappa shape index (κ2) is 7.19. The average molecular weight is 342 g/mol. The Morgan fingerprint density at radius 3 is 2.72 bits per heavy atom. The molecule has 6 heteroatoms. The number of nitrogens with one attached hydrogen (secondary N) is 1. The molecule has 1 amide bonds. The van der Waals surface area contributed by atoms with Crippen LogP contribution in [0.3, 0.4) is 0 Å². The Labute approximate surface area is 149 Å². The third-order valence-corrected chi connectivity index (χ3v) is 4.57. The molecule has 0 aliphatic carbocycles. The van der Waals surface area contributed by atoms with Crippen LogP contribution < -0.4 is 5.32 Å². The second-order valence-electron chi connectivity index (χ2n) is 7.67. The highest BCUT2D eigenvalue weighted by Crippen LogP contribution is 2.35. The van der Waals surface area contributed by atoms with Crippen LogP contribution in [-0.2, 0) is 4.74 Å². The molecule has 0 radical (unpaired) electrons. The highest BCUT2D eigenvalue weighted by Gasteiger charge is 2.34. The molecular formula is C19H26N4O2. The number of rotatable bonds is 1. The molecule has 6 nitrogen and oxygen atoms in total. The van der Waals surface area contributed by atoms with Crippen molar-refractivity contribution in [3.8, 4) is 6.07 Å². The van der Waals surface area contributed by atoms with Crippen molar-refractivity contribution in [2.24, 2.45) is 11.8 Å². The summed E-state index contributed by atoms with van der Waals surface area (Å²) in [5, 5.41) is 12.6. The van der Waals surface area contributed by atoms with Gasteiger partial charge in [-0.25, -0.2) is 9.64 Å². The minimum Gasteiger partial charge on any atom is -0.444 e. The minimum atomic E-state index is -0.524. The highest BCUT2D eigenvalue weighted by atomic mass is 16.6. The maximum Gasteiger partial charge on any atom is 0.410 e. The number of piperidine rings is 1. The fourth-order valence-electron chi connectivity index (χ4n) is 3.38. The lowest BCUT2D eigenvalue weighted by Gasteiger charge is -2.37. The van der Waals surface area contributed by atoms with Crippen LogP contribution >= 0.6 is 0 Å². The van der Waals surface area contributed by atoms with Crippen LogP contribution in [0, 0.1) is 29.7 Å². The summed E-state index contributed by atoms with van der Waals surface area (Å²) in [6, 6.07) is 2.20. The Kier molecular flexibility index (Phi) is 5.42. The molecule has 2 aliphatic heterocycles. The lowest BCUT2D eigenvalue weighted by molar-refractivity contribution is 0.0180. The first-order chi connectivity index (χ1) is 11.7. The molecule has 0 spiro atoms. The molecule has 2 aliphatic rings. The van der Waals surface area contributed by atoms with Crippen molar-refractivity contribution in [2.75, 3.05) is 13.1 Å².